The molecule has 1 unspecified atom stereocenters. The van der Waals surface area contributed by atoms with Crippen LogP contribution in [0.15, 0.2) is 71.3 Å². The van der Waals surface area contributed by atoms with Crippen molar-refractivity contribution in [1.82, 2.24) is 4.90 Å². The second-order valence-corrected chi connectivity index (χ2v) is 7.56. The van der Waals surface area contributed by atoms with Gasteiger partial charge in [0, 0.05) is 23.7 Å². The quantitative estimate of drug-likeness (QED) is 0.430. The average Bonchev–Trinajstić information content (AvgIpc) is 3.26. The van der Waals surface area contributed by atoms with E-state index in [0.29, 0.717) is 37.0 Å². The second-order valence-electron chi connectivity index (χ2n) is 7.12. The molecule has 0 aliphatic heterocycles. The number of benzene rings is 2. The number of hydrogen-bond donors (Lipinski definition) is 1. The molecule has 1 heterocycles. The Morgan fingerprint density at radius 1 is 1.00 bits per heavy atom. The van der Waals surface area contributed by atoms with Crippen LogP contribution in [0, 0.1) is 0 Å². The Bertz CT molecular complexity index is 867. The van der Waals surface area contributed by atoms with Crippen molar-refractivity contribution in [2.45, 2.75) is 32.5 Å². The third kappa shape index (κ3) is 7.10. The Kier molecular flexibility index (Phi) is 8.63. The predicted molar refractivity (Wildman–Crippen MR) is 118 cm³/mol. The maximum Gasteiger partial charge on any atom is 0.123 e. The summed E-state index contributed by atoms with van der Waals surface area (Å²) < 4.78 is 17.1. The normalized spacial score (nSPS) is 12.1. The van der Waals surface area contributed by atoms with Crippen molar-refractivity contribution in [1.29, 1.82) is 0 Å². The fourth-order valence-corrected chi connectivity index (χ4v) is 3.24. The molecule has 30 heavy (non-hydrogen) atoms. The second kappa shape index (κ2) is 11.6. The summed E-state index contributed by atoms with van der Waals surface area (Å²) in [5, 5.41) is 11.2. The van der Waals surface area contributed by atoms with E-state index in [1.807, 2.05) is 30.3 Å². The van der Waals surface area contributed by atoms with Crippen molar-refractivity contribution in [2.75, 3.05) is 19.8 Å². The highest BCUT2D eigenvalue weighted by atomic mass is 35.5. The van der Waals surface area contributed by atoms with Crippen molar-refractivity contribution >= 4 is 11.6 Å². The Balaban J connectivity index is 1.64. The van der Waals surface area contributed by atoms with E-state index < -0.39 is 6.10 Å². The molecule has 160 valence electrons. The molecule has 1 aromatic heterocycles. The molecule has 1 N–H and O–H groups in total. The van der Waals surface area contributed by atoms with Gasteiger partial charge in [0.25, 0.3) is 0 Å². The van der Waals surface area contributed by atoms with Gasteiger partial charge in [-0.15, -0.1) is 0 Å². The molecule has 6 heteroatoms. The van der Waals surface area contributed by atoms with E-state index in [1.165, 1.54) is 0 Å². The number of para-hydroxylation sites is 1. The predicted octanol–water partition coefficient (Wildman–Crippen LogP) is 5.16. The van der Waals surface area contributed by atoms with Crippen molar-refractivity contribution in [2.24, 2.45) is 0 Å². The van der Waals surface area contributed by atoms with Crippen molar-refractivity contribution in [3.8, 4) is 11.5 Å². The van der Waals surface area contributed by atoms with Gasteiger partial charge in [-0.1, -0.05) is 36.7 Å². The lowest BCUT2D eigenvalue weighted by Gasteiger charge is -2.25. The topological polar surface area (TPSA) is 55.1 Å². The monoisotopic (exact) mass is 429 g/mol. The Morgan fingerprint density at radius 3 is 2.53 bits per heavy atom. The summed E-state index contributed by atoms with van der Waals surface area (Å²) in [5.74, 6) is 2.39. The minimum absolute atomic E-state index is 0.185. The fourth-order valence-electron chi connectivity index (χ4n) is 3.11. The molecule has 0 saturated heterocycles. The first-order valence-corrected chi connectivity index (χ1v) is 10.5. The standard InChI is InChI=1S/C24H28ClNO4/c1-2-13-29-24-8-4-3-6-19(24)15-26(17-23-7-5-14-28-23)16-21(27)18-30-22-11-9-20(25)10-12-22/h3-12,14,21,27H,2,13,15-18H2,1H3. The SMILES string of the molecule is CCCOc1ccccc1CN(Cc1ccco1)CC(O)COc1ccc(Cl)cc1. The lowest BCUT2D eigenvalue weighted by molar-refractivity contribution is 0.0601. The molecule has 2 aromatic carbocycles. The van der Waals surface area contributed by atoms with E-state index in [1.54, 1.807) is 30.5 Å². The van der Waals surface area contributed by atoms with E-state index in [4.69, 9.17) is 25.5 Å². The van der Waals surface area contributed by atoms with Gasteiger partial charge in [0.1, 0.15) is 30.0 Å². The number of hydrogen-bond acceptors (Lipinski definition) is 5. The van der Waals surface area contributed by atoms with Crippen LogP contribution in [0.1, 0.15) is 24.7 Å². The number of ether oxygens (including phenoxy) is 2. The van der Waals surface area contributed by atoms with E-state index in [0.717, 1.165) is 23.5 Å². The van der Waals surface area contributed by atoms with Crippen molar-refractivity contribution in [3.63, 3.8) is 0 Å². The lowest BCUT2D eigenvalue weighted by Crippen LogP contribution is -2.35. The van der Waals surface area contributed by atoms with Crippen LogP contribution in [0.2, 0.25) is 5.02 Å². The summed E-state index contributed by atoms with van der Waals surface area (Å²) in [6, 6.07) is 18.9. The lowest BCUT2D eigenvalue weighted by atomic mass is 10.1. The molecule has 3 aromatic rings. The largest absolute Gasteiger partial charge is 0.493 e. The third-order valence-corrected chi connectivity index (χ3v) is 4.76. The van der Waals surface area contributed by atoms with Crippen LogP contribution in [0.25, 0.3) is 0 Å². The third-order valence-electron chi connectivity index (χ3n) is 4.51. The van der Waals surface area contributed by atoms with Crippen LogP contribution < -0.4 is 9.47 Å². The van der Waals surface area contributed by atoms with E-state index in [2.05, 4.69) is 17.9 Å². The van der Waals surface area contributed by atoms with Gasteiger partial charge in [-0.3, -0.25) is 4.90 Å². The van der Waals surface area contributed by atoms with Gasteiger partial charge in [-0.25, -0.2) is 0 Å². The molecule has 0 saturated carbocycles. The molecule has 0 radical (unpaired) electrons. The first-order valence-electron chi connectivity index (χ1n) is 10.2. The molecule has 1 atom stereocenters. The molecule has 5 nitrogen and oxygen atoms in total. The van der Waals surface area contributed by atoms with Crippen LogP contribution >= 0.6 is 11.6 Å². The van der Waals surface area contributed by atoms with Gasteiger partial charge in [0.2, 0.25) is 0 Å². The van der Waals surface area contributed by atoms with Gasteiger partial charge in [-0.2, -0.15) is 0 Å². The number of furan rings is 1. The Morgan fingerprint density at radius 2 is 1.80 bits per heavy atom. The number of aliphatic hydroxyl groups excluding tert-OH is 1. The number of nitrogens with zero attached hydrogens (tertiary/aromatic N) is 1. The summed E-state index contributed by atoms with van der Waals surface area (Å²) in [5.41, 5.74) is 1.07. The zero-order valence-electron chi connectivity index (χ0n) is 17.2. The summed E-state index contributed by atoms with van der Waals surface area (Å²) in [7, 11) is 0. The van der Waals surface area contributed by atoms with Crippen molar-refractivity contribution < 1.29 is 19.0 Å². The number of aliphatic hydroxyl groups is 1. The molecule has 0 bridgehead atoms. The van der Waals surface area contributed by atoms with Gasteiger partial charge in [0.05, 0.1) is 19.4 Å². The van der Waals surface area contributed by atoms with Gasteiger partial charge < -0.3 is 19.0 Å². The van der Waals surface area contributed by atoms with E-state index in [-0.39, 0.29) is 6.61 Å². The first-order chi connectivity index (χ1) is 14.6. The zero-order valence-corrected chi connectivity index (χ0v) is 17.9. The highest BCUT2D eigenvalue weighted by molar-refractivity contribution is 6.30. The van der Waals surface area contributed by atoms with Gasteiger partial charge in [-0.05, 0) is 48.9 Å². The van der Waals surface area contributed by atoms with Crippen LogP contribution in [-0.4, -0.2) is 35.9 Å². The molecule has 0 fully saturated rings. The minimum Gasteiger partial charge on any atom is -0.493 e. The number of halogens is 1. The fraction of sp³-hybridized carbons (Fsp3) is 0.333. The summed E-state index contributed by atoms with van der Waals surface area (Å²) in [4.78, 5) is 2.13. The smallest absolute Gasteiger partial charge is 0.123 e. The Labute approximate surface area is 182 Å². The molecular weight excluding hydrogens is 402 g/mol. The highest BCUT2D eigenvalue weighted by Gasteiger charge is 2.17. The highest BCUT2D eigenvalue weighted by Crippen LogP contribution is 2.22. The summed E-state index contributed by atoms with van der Waals surface area (Å²) in [6.45, 7) is 4.57. The number of rotatable bonds is 12. The molecule has 3 rings (SSSR count). The molecule has 0 aliphatic rings. The van der Waals surface area contributed by atoms with Gasteiger partial charge in [0.15, 0.2) is 0 Å². The van der Waals surface area contributed by atoms with Gasteiger partial charge >= 0.3 is 0 Å². The minimum atomic E-state index is -0.667. The van der Waals surface area contributed by atoms with Crippen LogP contribution in [-0.2, 0) is 13.1 Å². The first kappa shape index (κ1) is 22.2. The average molecular weight is 430 g/mol. The van der Waals surface area contributed by atoms with E-state index >= 15 is 0 Å². The maximum atomic E-state index is 10.6. The molecule has 0 amide bonds. The maximum absolute atomic E-state index is 10.6. The summed E-state index contributed by atoms with van der Waals surface area (Å²) in [6.07, 6.45) is 1.94. The van der Waals surface area contributed by atoms with Crippen LogP contribution in [0.4, 0.5) is 0 Å². The van der Waals surface area contributed by atoms with Crippen molar-refractivity contribution in [3.05, 3.63) is 83.3 Å². The summed E-state index contributed by atoms with van der Waals surface area (Å²) >= 11 is 5.90. The molecule has 0 spiro atoms. The molecule has 0 aliphatic carbocycles. The van der Waals surface area contributed by atoms with E-state index in [9.17, 15) is 5.11 Å². The zero-order chi connectivity index (χ0) is 21.2. The van der Waals surface area contributed by atoms with Crippen LogP contribution in [0.3, 0.4) is 0 Å². The molecular formula is C24H28ClNO4. The van der Waals surface area contributed by atoms with Crippen LogP contribution in [0.5, 0.6) is 11.5 Å². The Hall–Kier alpha value is -2.47.